The highest BCUT2D eigenvalue weighted by Gasteiger charge is 2.14. The van der Waals surface area contributed by atoms with E-state index in [0.29, 0.717) is 0 Å². The van der Waals surface area contributed by atoms with Crippen LogP contribution in [-0.2, 0) is 0 Å². The number of para-hydroxylation sites is 2. The van der Waals surface area contributed by atoms with Crippen molar-refractivity contribution >= 4 is 59.7 Å². The third kappa shape index (κ3) is 2.86. The van der Waals surface area contributed by atoms with E-state index in [1.807, 2.05) is 12.1 Å². The lowest BCUT2D eigenvalue weighted by Gasteiger charge is -2.08. The lowest BCUT2D eigenvalue weighted by atomic mass is 10.0. The van der Waals surface area contributed by atoms with Gasteiger partial charge in [0.1, 0.15) is 11.2 Å². The second-order valence-electron chi connectivity index (χ2n) is 8.37. The fourth-order valence-electron chi connectivity index (χ4n) is 4.94. The molecule has 0 amide bonds. The number of rotatable bonds is 2. The monoisotopic (exact) mass is 487 g/mol. The largest absolute Gasteiger partial charge is 0.456 e. The molecule has 0 radical (unpaired) electrons. The molecule has 0 aliphatic carbocycles. The number of furan rings is 1. The summed E-state index contributed by atoms with van der Waals surface area (Å²) >= 11 is 3.67. The Morgan fingerprint density at radius 2 is 1.15 bits per heavy atom. The number of nitrogens with zero attached hydrogens (tertiary/aromatic N) is 1. The molecule has 0 bridgehead atoms. The molecular weight excluding hydrogens is 470 g/mol. The van der Waals surface area contributed by atoms with Crippen molar-refractivity contribution in [3.63, 3.8) is 0 Å². The topological polar surface area (TPSA) is 18.1 Å². The van der Waals surface area contributed by atoms with Gasteiger partial charge in [-0.05, 0) is 71.8 Å². The number of aromatic nitrogens is 1. The molecule has 0 unspecified atom stereocenters. The zero-order valence-corrected chi connectivity index (χ0v) is 19.2. The fraction of sp³-hybridized carbons (Fsp3) is 0. The van der Waals surface area contributed by atoms with E-state index in [9.17, 15) is 0 Å². The highest BCUT2D eigenvalue weighted by molar-refractivity contribution is 9.10. The molecule has 0 aliphatic heterocycles. The molecule has 0 N–H and O–H groups in total. The molecule has 156 valence electrons. The lowest BCUT2D eigenvalue weighted by molar-refractivity contribution is 0.669. The highest BCUT2D eigenvalue weighted by atomic mass is 79.9. The Morgan fingerprint density at radius 3 is 2.00 bits per heavy atom. The van der Waals surface area contributed by atoms with Crippen LogP contribution in [0, 0.1) is 0 Å². The van der Waals surface area contributed by atoms with E-state index in [1.165, 1.54) is 38.6 Å². The Morgan fingerprint density at radius 1 is 0.515 bits per heavy atom. The maximum atomic E-state index is 6.03. The number of hydrogen-bond acceptors (Lipinski definition) is 1. The van der Waals surface area contributed by atoms with Crippen molar-refractivity contribution in [2.75, 3.05) is 0 Å². The highest BCUT2D eigenvalue weighted by Crippen LogP contribution is 2.37. The van der Waals surface area contributed by atoms with Crippen LogP contribution in [0.5, 0.6) is 0 Å². The van der Waals surface area contributed by atoms with Gasteiger partial charge in [-0.25, -0.2) is 0 Å². The van der Waals surface area contributed by atoms with E-state index in [2.05, 4.69) is 118 Å². The van der Waals surface area contributed by atoms with Gasteiger partial charge in [0.05, 0.1) is 11.0 Å². The van der Waals surface area contributed by atoms with Crippen molar-refractivity contribution in [3.05, 3.63) is 114 Å². The summed E-state index contributed by atoms with van der Waals surface area (Å²) in [6.07, 6.45) is 0. The molecule has 33 heavy (non-hydrogen) atoms. The maximum absolute atomic E-state index is 6.03. The average molecular weight is 488 g/mol. The Balaban J connectivity index is 1.50. The molecule has 2 nitrogen and oxygen atoms in total. The molecule has 7 aromatic rings. The minimum Gasteiger partial charge on any atom is -0.456 e. The molecule has 3 heteroatoms. The number of benzene rings is 5. The summed E-state index contributed by atoms with van der Waals surface area (Å²) in [5, 5.41) is 4.78. The lowest BCUT2D eigenvalue weighted by Crippen LogP contribution is -1.92. The molecular formula is C30H18BrNO. The summed E-state index contributed by atoms with van der Waals surface area (Å²) < 4.78 is 9.45. The van der Waals surface area contributed by atoms with Crippen LogP contribution in [0.4, 0.5) is 0 Å². The van der Waals surface area contributed by atoms with Crippen LogP contribution in [0.15, 0.2) is 118 Å². The second kappa shape index (κ2) is 7.09. The van der Waals surface area contributed by atoms with Gasteiger partial charge in [0.15, 0.2) is 0 Å². The van der Waals surface area contributed by atoms with Crippen molar-refractivity contribution in [1.82, 2.24) is 4.57 Å². The van der Waals surface area contributed by atoms with Crippen molar-refractivity contribution in [1.29, 1.82) is 0 Å². The summed E-state index contributed by atoms with van der Waals surface area (Å²) in [5.74, 6) is 0. The quantitative estimate of drug-likeness (QED) is 0.237. The van der Waals surface area contributed by atoms with Gasteiger partial charge in [-0.3, -0.25) is 0 Å². The van der Waals surface area contributed by atoms with E-state index in [0.717, 1.165) is 26.4 Å². The molecule has 7 rings (SSSR count). The van der Waals surface area contributed by atoms with Crippen LogP contribution in [-0.4, -0.2) is 4.57 Å². The van der Waals surface area contributed by atoms with Gasteiger partial charge in [0, 0.05) is 31.7 Å². The van der Waals surface area contributed by atoms with Gasteiger partial charge < -0.3 is 8.98 Å². The van der Waals surface area contributed by atoms with Crippen LogP contribution >= 0.6 is 15.9 Å². The van der Waals surface area contributed by atoms with E-state index in [1.54, 1.807) is 0 Å². The van der Waals surface area contributed by atoms with Crippen molar-refractivity contribution in [2.45, 2.75) is 0 Å². The first-order chi connectivity index (χ1) is 16.3. The standard InChI is InChI=1S/C30H18BrNO/c31-21-12-14-28-25(18-21)24-16-19(10-13-27(24)32(28)22-6-2-1-3-7-22)20-11-15-30-26(17-20)23-8-4-5-9-29(23)33-30/h1-18H. The maximum Gasteiger partial charge on any atom is 0.135 e. The first kappa shape index (κ1) is 18.7. The van der Waals surface area contributed by atoms with Crippen LogP contribution in [0.1, 0.15) is 0 Å². The fourth-order valence-corrected chi connectivity index (χ4v) is 5.30. The van der Waals surface area contributed by atoms with Crippen molar-refractivity contribution < 1.29 is 4.42 Å². The second-order valence-corrected chi connectivity index (χ2v) is 9.29. The van der Waals surface area contributed by atoms with E-state index < -0.39 is 0 Å². The molecule has 0 atom stereocenters. The van der Waals surface area contributed by atoms with Gasteiger partial charge >= 0.3 is 0 Å². The molecule has 2 heterocycles. The van der Waals surface area contributed by atoms with Gasteiger partial charge in [-0.15, -0.1) is 0 Å². The predicted molar refractivity (Wildman–Crippen MR) is 141 cm³/mol. The number of hydrogen-bond donors (Lipinski definition) is 0. The molecule has 0 aliphatic rings. The third-order valence-corrected chi connectivity index (χ3v) is 6.94. The smallest absolute Gasteiger partial charge is 0.135 e. The van der Waals surface area contributed by atoms with Crippen LogP contribution in [0.2, 0.25) is 0 Å². The average Bonchev–Trinajstić information content (AvgIpc) is 3.39. The summed E-state index contributed by atoms with van der Waals surface area (Å²) in [6.45, 7) is 0. The number of fused-ring (bicyclic) bond motifs is 6. The minimum absolute atomic E-state index is 0.922. The SMILES string of the molecule is Brc1ccc2c(c1)c1cc(-c3ccc4oc5ccccc5c4c3)ccc1n2-c1ccccc1. The predicted octanol–water partition coefficient (Wildman–Crippen LogP) is 9.11. The minimum atomic E-state index is 0.922. The third-order valence-electron chi connectivity index (χ3n) is 6.45. The van der Waals surface area contributed by atoms with Gasteiger partial charge in [0.2, 0.25) is 0 Å². The molecule has 5 aromatic carbocycles. The summed E-state index contributed by atoms with van der Waals surface area (Å²) in [6, 6.07) is 38.5. The van der Waals surface area contributed by atoms with E-state index >= 15 is 0 Å². The van der Waals surface area contributed by atoms with Crippen molar-refractivity contribution in [3.8, 4) is 16.8 Å². The first-order valence-electron chi connectivity index (χ1n) is 11.0. The summed E-state index contributed by atoms with van der Waals surface area (Å²) in [7, 11) is 0. The summed E-state index contributed by atoms with van der Waals surface area (Å²) in [5.41, 5.74) is 7.80. The van der Waals surface area contributed by atoms with E-state index in [-0.39, 0.29) is 0 Å². The Bertz CT molecular complexity index is 1830. The Labute approximate surface area is 198 Å². The van der Waals surface area contributed by atoms with Crippen molar-refractivity contribution in [2.24, 2.45) is 0 Å². The summed E-state index contributed by atoms with van der Waals surface area (Å²) in [4.78, 5) is 0. The molecule has 2 aromatic heterocycles. The first-order valence-corrected chi connectivity index (χ1v) is 11.8. The van der Waals surface area contributed by atoms with Crippen LogP contribution in [0.25, 0.3) is 60.6 Å². The van der Waals surface area contributed by atoms with Gasteiger partial charge in [0.25, 0.3) is 0 Å². The van der Waals surface area contributed by atoms with Gasteiger partial charge in [-0.2, -0.15) is 0 Å². The normalized spacial score (nSPS) is 11.8. The number of halogens is 1. The zero-order chi connectivity index (χ0) is 21.9. The van der Waals surface area contributed by atoms with Crippen LogP contribution in [0.3, 0.4) is 0 Å². The van der Waals surface area contributed by atoms with Gasteiger partial charge in [-0.1, -0.05) is 64.5 Å². The molecule has 0 saturated carbocycles. The molecule has 0 saturated heterocycles. The Hall–Kier alpha value is -3.82. The van der Waals surface area contributed by atoms with Crippen LogP contribution < -0.4 is 0 Å². The molecule has 0 fully saturated rings. The van der Waals surface area contributed by atoms with E-state index in [4.69, 9.17) is 4.42 Å². The Kier molecular flexibility index (Phi) is 4.02. The molecule has 0 spiro atoms. The zero-order valence-electron chi connectivity index (χ0n) is 17.6.